The van der Waals surface area contributed by atoms with Crippen molar-refractivity contribution in [2.45, 2.75) is 19.2 Å². The van der Waals surface area contributed by atoms with E-state index in [1.807, 2.05) is 6.07 Å². The van der Waals surface area contributed by atoms with E-state index in [0.717, 1.165) is 17.7 Å². The first kappa shape index (κ1) is 24.4. The molecule has 2 aromatic heterocycles. The minimum absolute atomic E-state index is 0.0641. The molecule has 4 heterocycles. The third kappa shape index (κ3) is 5.58. The Morgan fingerprint density at radius 2 is 2.03 bits per heavy atom. The van der Waals surface area contributed by atoms with E-state index in [2.05, 4.69) is 26.0 Å². The number of amides is 3. The largest absolute Gasteiger partial charge is 0.442 e. The van der Waals surface area contributed by atoms with Gasteiger partial charge in [0, 0.05) is 56.9 Å². The lowest BCUT2D eigenvalue weighted by Crippen LogP contribution is -2.48. The third-order valence-corrected chi connectivity index (χ3v) is 6.06. The van der Waals surface area contributed by atoms with Gasteiger partial charge in [-0.05, 0) is 11.6 Å². The molecule has 0 saturated carbocycles. The van der Waals surface area contributed by atoms with Gasteiger partial charge >= 0.3 is 12.1 Å². The minimum Gasteiger partial charge on any atom is -0.442 e. The zero-order chi connectivity index (χ0) is 25.8. The Morgan fingerprint density at radius 3 is 2.76 bits per heavy atom. The molecule has 12 nitrogen and oxygen atoms in total. The number of nitrogens with zero attached hydrogens (tertiary/aromatic N) is 7. The van der Waals surface area contributed by atoms with Crippen LogP contribution in [-0.4, -0.2) is 75.9 Å². The number of halogens is 2. The van der Waals surface area contributed by atoms with E-state index in [-0.39, 0.29) is 50.1 Å². The Bertz CT molecular complexity index is 1220. The molecule has 5 rings (SSSR count). The Morgan fingerprint density at radius 1 is 1.19 bits per heavy atom. The second kappa shape index (κ2) is 10.7. The summed E-state index contributed by atoms with van der Waals surface area (Å²) in [5.74, 6) is -1.62. The van der Waals surface area contributed by atoms with Gasteiger partial charge in [-0.1, -0.05) is 11.3 Å². The van der Waals surface area contributed by atoms with Crippen molar-refractivity contribution in [3.05, 3.63) is 66.3 Å². The molecule has 2 aliphatic rings. The number of carbonyl (C=O) groups excluding carboxylic acids is 2. The van der Waals surface area contributed by atoms with Gasteiger partial charge < -0.3 is 15.0 Å². The second-order valence-electron chi connectivity index (χ2n) is 8.57. The monoisotopic (exact) mass is 513 g/mol. The number of ether oxygens (including phenoxy) is 1. The third-order valence-electron chi connectivity index (χ3n) is 6.06. The molecule has 2 fully saturated rings. The fourth-order valence-corrected chi connectivity index (χ4v) is 4.28. The molecule has 0 spiro atoms. The standard InChI is InChI=1S/C23H25F2N9O3/c24-19-10-17(33-15-18(37-23(33)36)14-32-7-4-28-30-32)11-20(25)21(19)31-6-5-29-34(9-8-31)22(35)27-13-16-2-1-3-26-12-16/h1-4,7,10-12,18,29H,5-6,8-9,13-15H2,(H,27,35)/t18-/m0/s1. The predicted octanol–water partition coefficient (Wildman–Crippen LogP) is 1.51. The van der Waals surface area contributed by atoms with Gasteiger partial charge in [0.15, 0.2) is 11.6 Å². The number of cyclic esters (lactones) is 1. The average molecular weight is 514 g/mol. The van der Waals surface area contributed by atoms with E-state index in [1.165, 1.54) is 25.7 Å². The number of benzene rings is 1. The van der Waals surface area contributed by atoms with Gasteiger partial charge in [0.25, 0.3) is 0 Å². The summed E-state index contributed by atoms with van der Waals surface area (Å²) in [7, 11) is 0. The van der Waals surface area contributed by atoms with Crippen LogP contribution in [0, 0.1) is 11.6 Å². The van der Waals surface area contributed by atoms with Crippen molar-refractivity contribution in [1.29, 1.82) is 0 Å². The van der Waals surface area contributed by atoms with Gasteiger partial charge in [-0.15, -0.1) is 5.10 Å². The molecule has 3 aromatic rings. The lowest BCUT2D eigenvalue weighted by molar-refractivity contribution is 0.129. The first-order valence-corrected chi connectivity index (χ1v) is 11.7. The maximum absolute atomic E-state index is 15.2. The predicted molar refractivity (Wildman–Crippen MR) is 127 cm³/mol. The van der Waals surface area contributed by atoms with Crippen molar-refractivity contribution in [3.8, 4) is 0 Å². The fourth-order valence-electron chi connectivity index (χ4n) is 4.28. The molecule has 3 amide bonds. The highest BCUT2D eigenvalue weighted by Crippen LogP contribution is 2.31. The molecule has 0 aliphatic carbocycles. The van der Waals surface area contributed by atoms with Crippen LogP contribution in [0.1, 0.15) is 5.56 Å². The number of hydrogen-bond acceptors (Lipinski definition) is 8. The van der Waals surface area contributed by atoms with Gasteiger partial charge in [0.2, 0.25) is 0 Å². The van der Waals surface area contributed by atoms with Crippen molar-refractivity contribution in [2.24, 2.45) is 0 Å². The number of urea groups is 1. The van der Waals surface area contributed by atoms with Gasteiger partial charge in [0.05, 0.1) is 31.5 Å². The SMILES string of the molecule is O=C(NCc1cccnc1)N1CCN(c2c(F)cc(N3C[C@H](Cn4ccnn4)OC3=O)cc2F)CCN1. The topological polar surface area (TPSA) is 121 Å². The van der Waals surface area contributed by atoms with Crippen LogP contribution >= 0.6 is 0 Å². The molecular formula is C23H25F2N9O3. The first-order chi connectivity index (χ1) is 18.0. The van der Waals surface area contributed by atoms with Crippen LogP contribution in [0.5, 0.6) is 0 Å². The molecule has 2 N–H and O–H groups in total. The molecule has 194 valence electrons. The number of rotatable bonds is 6. The number of pyridine rings is 1. The Labute approximate surface area is 210 Å². The molecule has 0 bridgehead atoms. The number of aromatic nitrogens is 4. The number of carbonyl (C=O) groups is 2. The van der Waals surface area contributed by atoms with Crippen LogP contribution in [0.4, 0.5) is 29.7 Å². The number of anilines is 2. The first-order valence-electron chi connectivity index (χ1n) is 11.7. The normalized spacial score (nSPS) is 18.1. The van der Waals surface area contributed by atoms with Gasteiger partial charge in [-0.2, -0.15) is 0 Å². The van der Waals surface area contributed by atoms with Crippen LogP contribution in [0.25, 0.3) is 0 Å². The molecular weight excluding hydrogens is 488 g/mol. The highest BCUT2D eigenvalue weighted by atomic mass is 19.1. The highest BCUT2D eigenvalue weighted by Gasteiger charge is 2.34. The van der Waals surface area contributed by atoms with E-state index >= 15 is 8.78 Å². The number of hydrogen-bond donors (Lipinski definition) is 2. The average Bonchev–Trinajstić information content (AvgIpc) is 3.46. The highest BCUT2D eigenvalue weighted by molar-refractivity contribution is 5.90. The van der Waals surface area contributed by atoms with Gasteiger partial charge in [0.1, 0.15) is 11.8 Å². The van der Waals surface area contributed by atoms with Crippen molar-refractivity contribution in [2.75, 3.05) is 42.5 Å². The van der Waals surface area contributed by atoms with Crippen LogP contribution in [0.2, 0.25) is 0 Å². The zero-order valence-electron chi connectivity index (χ0n) is 19.8. The van der Waals surface area contributed by atoms with Crippen molar-refractivity contribution in [3.63, 3.8) is 0 Å². The second-order valence-corrected chi connectivity index (χ2v) is 8.57. The quantitative estimate of drug-likeness (QED) is 0.509. The summed E-state index contributed by atoms with van der Waals surface area (Å²) in [5, 5.41) is 11.7. The molecule has 2 aliphatic heterocycles. The molecule has 37 heavy (non-hydrogen) atoms. The van der Waals surface area contributed by atoms with Crippen LogP contribution in [-0.2, 0) is 17.8 Å². The molecule has 2 saturated heterocycles. The van der Waals surface area contributed by atoms with Crippen LogP contribution in [0.15, 0.2) is 49.1 Å². The maximum atomic E-state index is 15.2. The molecule has 1 aromatic carbocycles. The van der Waals surface area contributed by atoms with E-state index in [9.17, 15) is 9.59 Å². The summed E-state index contributed by atoms with van der Waals surface area (Å²) in [6, 6.07) is 5.51. The van der Waals surface area contributed by atoms with E-state index in [4.69, 9.17) is 4.74 Å². The number of nitrogens with one attached hydrogen (secondary N) is 2. The van der Waals surface area contributed by atoms with Crippen LogP contribution < -0.4 is 20.5 Å². The summed E-state index contributed by atoms with van der Waals surface area (Å²) < 4.78 is 37.2. The van der Waals surface area contributed by atoms with E-state index in [0.29, 0.717) is 13.1 Å². The lowest BCUT2D eigenvalue weighted by atomic mass is 10.2. The smallest absolute Gasteiger partial charge is 0.414 e. The van der Waals surface area contributed by atoms with E-state index in [1.54, 1.807) is 24.7 Å². The molecule has 0 radical (unpaired) electrons. The van der Waals surface area contributed by atoms with Gasteiger partial charge in [-0.25, -0.2) is 28.5 Å². The fraction of sp³-hybridized carbons (Fsp3) is 0.348. The zero-order valence-corrected chi connectivity index (χ0v) is 19.8. The summed E-state index contributed by atoms with van der Waals surface area (Å²) in [6.07, 6.45) is 5.22. The Hall–Kier alpha value is -4.33. The molecule has 0 unspecified atom stereocenters. The summed E-state index contributed by atoms with van der Waals surface area (Å²) in [6.45, 7) is 1.66. The minimum atomic E-state index is -0.808. The lowest BCUT2D eigenvalue weighted by Gasteiger charge is -2.25. The summed E-state index contributed by atoms with van der Waals surface area (Å²) in [5.41, 5.74) is 3.68. The summed E-state index contributed by atoms with van der Waals surface area (Å²) in [4.78, 5) is 31.7. The summed E-state index contributed by atoms with van der Waals surface area (Å²) >= 11 is 0. The Kier molecular flexibility index (Phi) is 7.07. The van der Waals surface area contributed by atoms with Crippen molar-refractivity contribution in [1.82, 2.24) is 35.7 Å². The van der Waals surface area contributed by atoms with Crippen molar-refractivity contribution >= 4 is 23.5 Å². The maximum Gasteiger partial charge on any atom is 0.414 e. The van der Waals surface area contributed by atoms with Gasteiger partial charge in [-0.3, -0.25) is 14.9 Å². The van der Waals surface area contributed by atoms with Crippen molar-refractivity contribution < 1.29 is 23.1 Å². The van der Waals surface area contributed by atoms with Crippen LogP contribution in [0.3, 0.4) is 0 Å². The Balaban J connectivity index is 1.21. The number of hydrazine groups is 1. The molecule has 14 heteroatoms. The van der Waals surface area contributed by atoms with E-state index < -0.39 is 23.8 Å². The molecule has 1 atom stereocenters.